The number of methoxy groups -OCH3 is 3. The van der Waals surface area contributed by atoms with Crippen LogP contribution in [0.25, 0.3) is 11.0 Å². The molecule has 0 aliphatic carbocycles. The summed E-state index contributed by atoms with van der Waals surface area (Å²) in [5.74, 6) is 2.72. The summed E-state index contributed by atoms with van der Waals surface area (Å²) in [4.78, 5) is 8.53. The Kier molecular flexibility index (Phi) is 4.37. The van der Waals surface area contributed by atoms with Crippen molar-refractivity contribution >= 4 is 16.9 Å². The van der Waals surface area contributed by atoms with E-state index < -0.39 is 0 Å². The lowest BCUT2D eigenvalue weighted by Gasteiger charge is -2.16. The molecule has 1 N–H and O–H groups in total. The van der Waals surface area contributed by atoms with Crippen molar-refractivity contribution in [1.29, 1.82) is 0 Å². The molecule has 0 aliphatic heterocycles. The standard InChI is InChI=1S/C16H19N5O3/c1-21-16-12(8-20-21)15(18-9-19-16)17-7-11-13(23-3)5-10(22-2)6-14(11)24-4/h5-6,8-9H,7H2,1-4H3,(H,17,18,19). The van der Waals surface area contributed by atoms with Crippen LogP contribution in [0.2, 0.25) is 0 Å². The monoisotopic (exact) mass is 329 g/mol. The normalized spacial score (nSPS) is 10.7. The SMILES string of the molecule is COc1cc(OC)c(CNc2ncnc3c2cnn3C)c(OC)c1. The van der Waals surface area contributed by atoms with Gasteiger partial charge < -0.3 is 19.5 Å². The summed E-state index contributed by atoms with van der Waals surface area (Å²) >= 11 is 0. The van der Waals surface area contributed by atoms with Crippen LogP contribution in [0.5, 0.6) is 17.2 Å². The van der Waals surface area contributed by atoms with E-state index in [-0.39, 0.29) is 0 Å². The molecule has 1 aromatic carbocycles. The third kappa shape index (κ3) is 2.78. The minimum Gasteiger partial charge on any atom is -0.496 e. The first-order valence-electron chi connectivity index (χ1n) is 7.33. The van der Waals surface area contributed by atoms with Crippen LogP contribution >= 0.6 is 0 Å². The second-order valence-electron chi connectivity index (χ2n) is 5.09. The van der Waals surface area contributed by atoms with E-state index in [9.17, 15) is 0 Å². The number of aryl methyl sites for hydroxylation is 1. The number of hydrogen-bond acceptors (Lipinski definition) is 7. The summed E-state index contributed by atoms with van der Waals surface area (Å²) in [6.45, 7) is 0.470. The topological polar surface area (TPSA) is 83.3 Å². The van der Waals surface area contributed by atoms with Crippen molar-refractivity contribution in [2.75, 3.05) is 26.6 Å². The zero-order valence-electron chi connectivity index (χ0n) is 14.0. The van der Waals surface area contributed by atoms with Crippen LogP contribution in [-0.4, -0.2) is 41.1 Å². The van der Waals surface area contributed by atoms with E-state index in [1.165, 1.54) is 6.33 Å². The summed E-state index contributed by atoms with van der Waals surface area (Å²) in [5.41, 5.74) is 1.64. The zero-order valence-corrected chi connectivity index (χ0v) is 14.0. The van der Waals surface area contributed by atoms with Gasteiger partial charge in [-0.1, -0.05) is 0 Å². The summed E-state index contributed by atoms with van der Waals surface area (Å²) in [5, 5.41) is 8.36. The van der Waals surface area contributed by atoms with Gasteiger partial charge in [0.25, 0.3) is 0 Å². The van der Waals surface area contributed by atoms with Crippen molar-refractivity contribution in [3.8, 4) is 17.2 Å². The number of hydrogen-bond donors (Lipinski definition) is 1. The second kappa shape index (κ2) is 6.61. The molecule has 126 valence electrons. The van der Waals surface area contributed by atoms with E-state index >= 15 is 0 Å². The molecule has 0 amide bonds. The number of nitrogens with zero attached hydrogens (tertiary/aromatic N) is 4. The first-order chi connectivity index (χ1) is 11.7. The van der Waals surface area contributed by atoms with E-state index in [1.54, 1.807) is 32.2 Å². The molecule has 0 aliphatic rings. The summed E-state index contributed by atoms with van der Waals surface area (Å²) in [7, 11) is 6.67. The lowest BCUT2D eigenvalue weighted by atomic mass is 10.1. The molecule has 2 heterocycles. The molecular weight excluding hydrogens is 310 g/mol. The smallest absolute Gasteiger partial charge is 0.163 e. The fourth-order valence-corrected chi connectivity index (χ4v) is 2.53. The summed E-state index contributed by atoms with van der Waals surface area (Å²) in [6, 6.07) is 3.64. The predicted molar refractivity (Wildman–Crippen MR) is 89.7 cm³/mol. The molecular formula is C16H19N5O3. The molecule has 0 atom stereocenters. The van der Waals surface area contributed by atoms with Gasteiger partial charge in [-0.2, -0.15) is 5.10 Å². The van der Waals surface area contributed by atoms with Gasteiger partial charge in [-0.15, -0.1) is 0 Å². The first-order valence-corrected chi connectivity index (χ1v) is 7.33. The first kappa shape index (κ1) is 15.9. The maximum absolute atomic E-state index is 5.46. The Balaban J connectivity index is 1.93. The number of nitrogens with one attached hydrogen (secondary N) is 1. The molecule has 3 rings (SSSR count). The van der Waals surface area contributed by atoms with Gasteiger partial charge in [0.15, 0.2) is 5.65 Å². The lowest BCUT2D eigenvalue weighted by Crippen LogP contribution is -2.06. The lowest BCUT2D eigenvalue weighted by molar-refractivity contribution is 0.369. The molecule has 0 radical (unpaired) electrons. The van der Waals surface area contributed by atoms with Gasteiger partial charge in [0.1, 0.15) is 29.4 Å². The fourth-order valence-electron chi connectivity index (χ4n) is 2.53. The van der Waals surface area contributed by atoms with Gasteiger partial charge in [0.05, 0.1) is 38.5 Å². The van der Waals surface area contributed by atoms with Crippen molar-refractivity contribution in [3.05, 3.63) is 30.2 Å². The van der Waals surface area contributed by atoms with Gasteiger partial charge in [0, 0.05) is 25.7 Å². The number of rotatable bonds is 6. The largest absolute Gasteiger partial charge is 0.496 e. The number of fused-ring (bicyclic) bond motifs is 1. The predicted octanol–water partition coefficient (Wildman–Crippen LogP) is 2.00. The van der Waals surface area contributed by atoms with Crippen LogP contribution in [0.15, 0.2) is 24.7 Å². The van der Waals surface area contributed by atoms with Crippen LogP contribution in [0.3, 0.4) is 0 Å². The average molecular weight is 329 g/mol. The van der Waals surface area contributed by atoms with Crippen LogP contribution in [0.1, 0.15) is 5.56 Å². The highest BCUT2D eigenvalue weighted by Gasteiger charge is 2.14. The highest BCUT2D eigenvalue weighted by molar-refractivity contribution is 5.86. The van der Waals surface area contributed by atoms with E-state index in [2.05, 4.69) is 20.4 Å². The van der Waals surface area contributed by atoms with Crippen molar-refractivity contribution in [2.24, 2.45) is 7.05 Å². The third-order valence-corrected chi connectivity index (χ3v) is 3.78. The Labute approximate surface area is 139 Å². The zero-order chi connectivity index (χ0) is 17.1. The Hall–Kier alpha value is -3.03. The number of ether oxygens (including phenoxy) is 3. The Morgan fingerprint density at radius 3 is 2.38 bits per heavy atom. The van der Waals surface area contributed by atoms with Crippen molar-refractivity contribution in [1.82, 2.24) is 19.7 Å². The van der Waals surface area contributed by atoms with Gasteiger partial charge >= 0.3 is 0 Å². The van der Waals surface area contributed by atoms with Gasteiger partial charge in [-0.3, -0.25) is 4.68 Å². The van der Waals surface area contributed by atoms with E-state index in [1.807, 2.05) is 19.2 Å². The third-order valence-electron chi connectivity index (χ3n) is 3.78. The maximum Gasteiger partial charge on any atom is 0.163 e. The summed E-state index contributed by atoms with van der Waals surface area (Å²) < 4.78 is 17.9. The van der Waals surface area contributed by atoms with Crippen molar-refractivity contribution in [3.63, 3.8) is 0 Å². The minimum absolute atomic E-state index is 0.470. The molecule has 3 aromatic rings. The molecule has 2 aromatic heterocycles. The second-order valence-corrected chi connectivity index (χ2v) is 5.09. The number of benzene rings is 1. The van der Waals surface area contributed by atoms with Gasteiger partial charge in [-0.05, 0) is 0 Å². The van der Waals surface area contributed by atoms with Crippen molar-refractivity contribution in [2.45, 2.75) is 6.54 Å². The number of aromatic nitrogens is 4. The van der Waals surface area contributed by atoms with Crippen LogP contribution in [0.4, 0.5) is 5.82 Å². The number of anilines is 1. The quantitative estimate of drug-likeness (QED) is 0.740. The van der Waals surface area contributed by atoms with E-state index in [0.29, 0.717) is 29.6 Å². The average Bonchev–Trinajstić information content (AvgIpc) is 3.01. The fraction of sp³-hybridized carbons (Fsp3) is 0.312. The Morgan fingerprint density at radius 1 is 1.04 bits per heavy atom. The Bertz CT molecular complexity index is 837. The summed E-state index contributed by atoms with van der Waals surface area (Å²) in [6.07, 6.45) is 3.25. The van der Waals surface area contributed by atoms with E-state index in [0.717, 1.165) is 16.6 Å². The highest BCUT2D eigenvalue weighted by Crippen LogP contribution is 2.34. The molecule has 0 fully saturated rings. The Morgan fingerprint density at radius 2 is 1.75 bits per heavy atom. The molecule has 0 unspecified atom stereocenters. The molecule has 0 bridgehead atoms. The highest BCUT2D eigenvalue weighted by atomic mass is 16.5. The molecule has 0 saturated heterocycles. The van der Waals surface area contributed by atoms with Crippen LogP contribution < -0.4 is 19.5 Å². The molecule has 0 saturated carbocycles. The molecule has 8 nitrogen and oxygen atoms in total. The van der Waals surface area contributed by atoms with Gasteiger partial charge in [0.2, 0.25) is 0 Å². The molecule has 24 heavy (non-hydrogen) atoms. The van der Waals surface area contributed by atoms with Crippen LogP contribution in [-0.2, 0) is 13.6 Å². The van der Waals surface area contributed by atoms with E-state index in [4.69, 9.17) is 14.2 Å². The maximum atomic E-state index is 5.46. The molecule has 0 spiro atoms. The van der Waals surface area contributed by atoms with Gasteiger partial charge in [-0.25, -0.2) is 9.97 Å². The van der Waals surface area contributed by atoms with Crippen molar-refractivity contribution < 1.29 is 14.2 Å². The minimum atomic E-state index is 0.470. The molecule has 8 heteroatoms. The van der Waals surface area contributed by atoms with Crippen LogP contribution in [0, 0.1) is 0 Å².